The highest BCUT2D eigenvalue weighted by Crippen LogP contribution is 2.25. The zero-order valence-electron chi connectivity index (χ0n) is 17.4. The Morgan fingerprint density at radius 3 is 2.59 bits per heavy atom. The van der Waals surface area contributed by atoms with Crippen molar-refractivity contribution in [1.29, 1.82) is 0 Å². The number of anilines is 2. The molecule has 6 heteroatoms. The Hall–Kier alpha value is -1.40. The molecule has 152 valence electrons. The Balaban J connectivity index is 1.74. The van der Waals surface area contributed by atoms with Crippen molar-refractivity contribution in [2.75, 3.05) is 29.9 Å². The molecule has 2 atom stereocenters. The zero-order valence-corrected chi connectivity index (χ0v) is 18.2. The Labute approximate surface area is 168 Å². The average molecular weight is 394 g/mol. The summed E-state index contributed by atoms with van der Waals surface area (Å²) in [5.41, 5.74) is 3.69. The van der Waals surface area contributed by atoms with Crippen molar-refractivity contribution in [1.82, 2.24) is 4.72 Å². The largest absolute Gasteiger partial charge is 0.385 e. The molecule has 0 spiro atoms. The van der Waals surface area contributed by atoms with Gasteiger partial charge in [-0.2, -0.15) is 0 Å². The molecule has 27 heavy (non-hydrogen) atoms. The topological polar surface area (TPSA) is 53.6 Å². The van der Waals surface area contributed by atoms with E-state index in [9.17, 15) is 4.79 Å². The van der Waals surface area contributed by atoms with E-state index in [1.54, 1.807) is 0 Å². The van der Waals surface area contributed by atoms with Crippen molar-refractivity contribution < 1.29 is 9.53 Å². The molecule has 1 fully saturated rings. The first-order valence-corrected chi connectivity index (χ1v) is 10.9. The second-order valence-corrected chi connectivity index (χ2v) is 9.12. The van der Waals surface area contributed by atoms with Crippen LogP contribution in [0, 0.1) is 6.92 Å². The maximum absolute atomic E-state index is 11.7. The van der Waals surface area contributed by atoms with Gasteiger partial charge in [0.15, 0.2) is 0 Å². The number of amides is 1. The number of carbonyl (C=O) groups is 1. The van der Waals surface area contributed by atoms with E-state index in [-0.39, 0.29) is 18.1 Å². The summed E-state index contributed by atoms with van der Waals surface area (Å²) in [6.07, 6.45) is 3.01. The van der Waals surface area contributed by atoms with E-state index in [1.807, 2.05) is 0 Å². The Morgan fingerprint density at radius 1 is 1.26 bits per heavy atom. The van der Waals surface area contributed by atoms with Crippen molar-refractivity contribution >= 4 is 29.2 Å². The van der Waals surface area contributed by atoms with Gasteiger partial charge in [0.25, 0.3) is 0 Å². The predicted molar refractivity (Wildman–Crippen MR) is 117 cm³/mol. The van der Waals surface area contributed by atoms with E-state index in [0.717, 1.165) is 32.5 Å². The summed E-state index contributed by atoms with van der Waals surface area (Å²) in [7, 11) is 0. The number of hydrogen-bond acceptors (Lipinski definition) is 5. The van der Waals surface area contributed by atoms with Crippen LogP contribution in [0.1, 0.15) is 52.5 Å². The molecule has 0 radical (unpaired) electrons. The molecule has 1 aromatic carbocycles. The van der Waals surface area contributed by atoms with Crippen LogP contribution in [-0.2, 0) is 9.53 Å². The number of nitrogens with zero attached hydrogens (tertiary/aromatic N) is 1. The first-order chi connectivity index (χ1) is 12.8. The fraction of sp³-hybridized carbons (Fsp3) is 0.667. The monoisotopic (exact) mass is 393 g/mol. The van der Waals surface area contributed by atoms with Crippen molar-refractivity contribution in [3.05, 3.63) is 23.8 Å². The van der Waals surface area contributed by atoms with Gasteiger partial charge in [-0.3, -0.25) is 9.52 Å². The van der Waals surface area contributed by atoms with Gasteiger partial charge in [-0.15, -0.1) is 0 Å². The molecule has 0 aliphatic carbocycles. The molecule has 1 heterocycles. The van der Waals surface area contributed by atoms with E-state index in [1.165, 1.54) is 28.9 Å². The minimum absolute atomic E-state index is 0.128. The van der Waals surface area contributed by atoms with Gasteiger partial charge in [-0.25, -0.2) is 0 Å². The summed E-state index contributed by atoms with van der Waals surface area (Å²) in [6.45, 7) is 13.3. The third-order valence-corrected chi connectivity index (χ3v) is 5.37. The molecule has 0 aromatic heterocycles. The number of morpholine rings is 1. The van der Waals surface area contributed by atoms with Crippen LogP contribution in [0.25, 0.3) is 0 Å². The van der Waals surface area contributed by atoms with Gasteiger partial charge in [0.1, 0.15) is 0 Å². The summed E-state index contributed by atoms with van der Waals surface area (Å²) >= 11 is 1.49. The lowest BCUT2D eigenvalue weighted by Crippen LogP contribution is -2.45. The quantitative estimate of drug-likeness (QED) is 0.482. The van der Waals surface area contributed by atoms with E-state index < -0.39 is 0 Å². The lowest BCUT2D eigenvalue weighted by atomic mass is 10.1. The molecule has 1 aliphatic heterocycles. The van der Waals surface area contributed by atoms with Crippen molar-refractivity contribution in [3.8, 4) is 0 Å². The van der Waals surface area contributed by atoms with Crippen molar-refractivity contribution in [3.63, 3.8) is 0 Å². The van der Waals surface area contributed by atoms with Crippen LogP contribution in [0.4, 0.5) is 11.4 Å². The summed E-state index contributed by atoms with van der Waals surface area (Å²) in [5, 5.41) is 3.93. The van der Waals surface area contributed by atoms with Crippen molar-refractivity contribution in [2.24, 2.45) is 0 Å². The predicted octanol–water partition coefficient (Wildman–Crippen LogP) is 4.36. The number of nitrogens with one attached hydrogen (secondary N) is 2. The number of carbonyl (C=O) groups excluding carboxylic acids is 1. The highest BCUT2D eigenvalue weighted by molar-refractivity contribution is 7.98. The Morgan fingerprint density at radius 2 is 1.96 bits per heavy atom. The maximum atomic E-state index is 11.7. The molecule has 2 rings (SSSR count). The molecule has 2 N–H and O–H groups in total. The average Bonchev–Trinajstić information content (AvgIpc) is 2.60. The molecule has 2 unspecified atom stereocenters. The SMILES string of the molecule is Cc1cc(N2CC(C)OC(C)C2)ccc1NCCCCC(=O)NSC(C)C. The number of benzene rings is 1. The van der Waals surface area contributed by atoms with Crippen LogP contribution in [-0.4, -0.2) is 43.0 Å². The third-order valence-electron chi connectivity index (χ3n) is 4.55. The van der Waals surface area contributed by atoms with Gasteiger partial charge in [0.05, 0.1) is 12.2 Å². The minimum atomic E-state index is 0.128. The van der Waals surface area contributed by atoms with Crippen LogP contribution < -0.4 is 14.9 Å². The van der Waals surface area contributed by atoms with Crippen LogP contribution in [0.5, 0.6) is 0 Å². The third kappa shape index (κ3) is 7.62. The molecule has 1 aromatic rings. The number of hydrogen-bond donors (Lipinski definition) is 2. The van der Waals surface area contributed by atoms with E-state index in [4.69, 9.17) is 4.74 Å². The van der Waals surface area contributed by atoms with Crippen LogP contribution in [0.2, 0.25) is 0 Å². The molecule has 1 aliphatic rings. The molecule has 0 bridgehead atoms. The lowest BCUT2D eigenvalue weighted by Gasteiger charge is -2.37. The Bertz CT molecular complexity index is 599. The zero-order chi connectivity index (χ0) is 19.8. The standard InChI is InChI=1S/C21H35N3O2S/c1-15(2)27-23-21(25)8-6-7-11-22-20-10-9-19(12-16(20)3)24-13-17(4)26-18(5)14-24/h9-10,12,15,17-18,22H,6-8,11,13-14H2,1-5H3,(H,23,25). The summed E-state index contributed by atoms with van der Waals surface area (Å²) < 4.78 is 8.71. The van der Waals surface area contributed by atoms with Gasteiger partial charge in [0, 0.05) is 42.7 Å². The summed E-state index contributed by atoms with van der Waals surface area (Å²) in [4.78, 5) is 14.1. The Kier molecular flexibility index (Phi) is 8.77. The van der Waals surface area contributed by atoms with Crippen LogP contribution >= 0.6 is 11.9 Å². The van der Waals surface area contributed by atoms with Gasteiger partial charge < -0.3 is 15.0 Å². The lowest BCUT2D eigenvalue weighted by molar-refractivity contribution is -0.119. The second-order valence-electron chi connectivity index (χ2n) is 7.74. The van der Waals surface area contributed by atoms with E-state index >= 15 is 0 Å². The molecule has 5 nitrogen and oxygen atoms in total. The number of rotatable bonds is 9. The normalized spacial score (nSPS) is 20.0. The summed E-state index contributed by atoms with van der Waals surface area (Å²) in [6, 6.07) is 6.61. The smallest absolute Gasteiger partial charge is 0.229 e. The molecule has 0 saturated carbocycles. The van der Waals surface area contributed by atoms with Gasteiger partial charge in [-0.1, -0.05) is 13.8 Å². The van der Waals surface area contributed by atoms with Gasteiger partial charge in [0.2, 0.25) is 5.91 Å². The van der Waals surface area contributed by atoms with E-state index in [0.29, 0.717) is 11.7 Å². The molecule has 1 saturated heterocycles. The fourth-order valence-corrected chi connectivity index (χ4v) is 3.77. The molecular weight excluding hydrogens is 358 g/mol. The first kappa shape index (κ1) is 21.9. The number of ether oxygens (including phenoxy) is 1. The van der Waals surface area contributed by atoms with E-state index in [2.05, 4.69) is 67.8 Å². The van der Waals surface area contributed by atoms with Gasteiger partial charge in [-0.05, 0) is 69.3 Å². The van der Waals surface area contributed by atoms with Crippen molar-refractivity contribution in [2.45, 2.75) is 71.3 Å². The minimum Gasteiger partial charge on any atom is -0.385 e. The highest BCUT2D eigenvalue weighted by Gasteiger charge is 2.22. The molecular formula is C21H35N3O2S. The van der Waals surface area contributed by atoms with Crippen LogP contribution in [0.3, 0.4) is 0 Å². The first-order valence-electron chi connectivity index (χ1n) is 10.0. The van der Waals surface area contributed by atoms with Gasteiger partial charge >= 0.3 is 0 Å². The maximum Gasteiger partial charge on any atom is 0.229 e. The highest BCUT2D eigenvalue weighted by atomic mass is 32.2. The fourth-order valence-electron chi connectivity index (χ4n) is 3.30. The number of unbranched alkanes of at least 4 members (excludes halogenated alkanes) is 1. The van der Waals surface area contributed by atoms with Crippen LogP contribution in [0.15, 0.2) is 18.2 Å². The second kappa shape index (κ2) is 10.8. The summed E-state index contributed by atoms with van der Waals surface area (Å²) in [5.74, 6) is 0.128. The number of aryl methyl sites for hydroxylation is 1. The molecule has 1 amide bonds.